The standard InChI is InChI=1S/C10H15N3O/c1-7-8(2)13-4-3-11-6-9(13)5-10(14)12-7/h9,11H,1-6H2,(H,12,14). The summed E-state index contributed by atoms with van der Waals surface area (Å²) >= 11 is 0. The van der Waals surface area contributed by atoms with Crippen LogP contribution in [0.3, 0.4) is 0 Å². The van der Waals surface area contributed by atoms with E-state index in [-0.39, 0.29) is 11.9 Å². The van der Waals surface area contributed by atoms with Crippen LogP contribution in [0.2, 0.25) is 0 Å². The van der Waals surface area contributed by atoms with Crippen LogP contribution < -0.4 is 10.6 Å². The minimum atomic E-state index is 0.0346. The fourth-order valence-electron chi connectivity index (χ4n) is 1.98. The van der Waals surface area contributed by atoms with E-state index in [4.69, 9.17) is 0 Å². The molecule has 0 spiro atoms. The van der Waals surface area contributed by atoms with Gasteiger partial charge in [0.05, 0.1) is 17.4 Å². The van der Waals surface area contributed by atoms with Gasteiger partial charge in [-0.15, -0.1) is 0 Å². The number of hydrogen-bond acceptors (Lipinski definition) is 3. The van der Waals surface area contributed by atoms with Gasteiger partial charge in [-0.3, -0.25) is 4.79 Å². The number of carbonyl (C=O) groups excluding carboxylic acids is 1. The lowest BCUT2D eigenvalue weighted by molar-refractivity contribution is -0.120. The van der Waals surface area contributed by atoms with E-state index in [0.717, 1.165) is 25.3 Å². The minimum absolute atomic E-state index is 0.0346. The molecule has 0 aromatic heterocycles. The number of rotatable bonds is 0. The van der Waals surface area contributed by atoms with E-state index in [9.17, 15) is 4.79 Å². The van der Waals surface area contributed by atoms with Gasteiger partial charge in [-0.2, -0.15) is 0 Å². The van der Waals surface area contributed by atoms with Crippen LogP contribution in [0.4, 0.5) is 0 Å². The molecule has 76 valence electrons. The highest BCUT2D eigenvalue weighted by molar-refractivity contribution is 5.80. The van der Waals surface area contributed by atoms with Crippen molar-refractivity contribution in [3.8, 4) is 0 Å². The van der Waals surface area contributed by atoms with Crippen LogP contribution >= 0.6 is 0 Å². The lowest BCUT2D eigenvalue weighted by Crippen LogP contribution is -2.50. The number of amides is 1. The van der Waals surface area contributed by atoms with E-state index >= 15 is 0 Å². The third-order valence-corrected chi connectivity index (χ3v) is 2.76. The van der Waals surface area contributed by atoms with Crippen LogP contribution in [-0.2, 0) is 4.79 Å². The summed E-state index contributed by atoms with van der Waals surface area (Å²) in [5.74, 6) is 0.0346. The first-order valence-corrected chi connectivity index (χ1v) is 4.84. The number of hydrogen-bond donors (Lipinski definition) is 2. The molecule has 1 atom stereocenters. The van der Waals surface area contributed by atoms with E-state index in [1.807, 2.05) is 0 Å². The molecule has 0 aliphatic carbocycles. The molecule has 0 bridgehead atoms. The maximum absolute atomic E-state index is 11.4. The molecule has 0 aromatic carbocycles. The number of nitrogens with zero attached hydrogens (tertiary/aromatic N) is 1. The summed E-state index contributed by atoms with van der Waals surface area (Å²) in [6, 6.07) is 0.232. The Labute approximate surface area is 83.7 Å². The third-order valence-electron chi connectivity index (χ3n) is 2.76. The summed E-state index contributed by atoms with van der Waals surface area (Å²) in [6.45, 7) is 10.4. The Hall–Kier alpha value is -1.29. The van der Waals surface area contributed by atoms with E-state index < -0.39 is 0 Å². The Bertz CT molecular complexity index is 298. The summed E-state index contributed by atoms with van der Waals surface area (Å²) in [5.41, 5.74) is 1.49. The van der Waals surface area contributed by atoms with Crippen LogP contribution in [0.25, 0.3) is 0 Å². The van der Waals surface area contributed by atoms with Gasteiger partial charge in [0.25, 0.3) is 0 Å². The van der Waals surface area contributed by atoms with E-state index in [2.05, 4.69) is 28.7 Å². The Kier molecular flexibility index (Phi) is 2.29. The first-order valence-electron chi connectivity index (χ1n) is 4.84. The second kappa shape index (κ2) is 3.46. The fraction of sp³-hybridized carbons (Fsp3) is 0.500. The Morgan fingerprint density at radius 1 is 1.43 bits per heavy atom. The lowest BCUT2D eigenvalue weighted by Gasteiger charge is -2.36. The molecule has 2 heterocycles. The van der Waals surface area contributed by atoms with Gasteiger partial charge in [0.15, 0.2) is 0 Å². The van der Waals surface area contributed by atoms with Crippen molar-refractivity contribution in [2.24, 2.45) is 0 Å². The molecule has 2 fully saturated rings. The maximum Gasteiger partial charge on any atom is 0.226 e. The molecule has 2 aliphatic heterocycles. The molecule has 1 unspecified atom stereocenters. The summed E-state index contributed by atoms with van der Waals surface area (Å²) in [7, 11) is 0. The zero-order valence-electron chi connectivity index (χ0n) is 8.18. The molecule has 0 saturated carbocycles. The van der Waals surface area contributed by atoms with E-state index in [1.165, 1.54) is 0 Å². The van der Waals surface area contributed by atoms with Gasteiger partial charge in [0.1, 0.15) is 0 Å². The van der Waals surface area contributed by atoms with Crippen LogP contribution in [0.15, 0.2) is 24.6 Å². The highest BCUT2D eigenvalue weighted by Gasteiger charge is 2.29. The maximum atomic E-state index is 11.4. The summed E-state index contributed by atoms with van der Waals surface area (Å²) in [5, 5.41) is 6.02. The predicted molar refractivity (Wildman–Crippen MR) is 54.4 cm³/mol. The van der Waals surface area contributed by atoms with Gasteiger partial charge in [0, 0.05) is 26.1 Å². The fourth-order valence-corrected chi connectivity index (χ4v) is 1.98. The topological polar surface area (TPSA) is 44.4 Å². The van der Waals surface area contributed by atoms with Crippen LogP contribution in [-0.4, -0.2) is 36.5 Å². The molecular weight excluding hydrogens is 178 g/mol. The minimum Gasteiger partial charge on any atom is -0.364 e. The zero-order valence-corrected chi connectivity index (χ0v) is 8.18. The molecule has 2 aliphatic rings. The average Bonchev–Trinajstić information content (AvgIpc) is 2.26. The van der Waals surface area contributed by atoms with Crippen molar-refractivity contribution >= 4 is 5.91 Å². The SMILES string of the molecule is C=C1NC(=O)CC2CNCCN2C1=C. The normalized spacial score (nSPS) is 28.1. The van der Waals surface area contributed by atoms with Gasteiger partial charge in [-0.05, 0) is 0 Å². The molecule has 2 N–H and O–H groups in total. The number of fused-ring (bicyclic) bond motifs is 1. The molecule has 0 aromatic rings. The summed E-state index contributed by atoms with van der Waals surface area (Å²) < 4.78 is 0. The third kappa shape index (κ3) is 1.53. The van der Waals surface area contributed by atoms with Crippen molar-refractivity contribution in [3.63, 3.8) is 0 Å². The number of piperazine rings is 1. The van der Waals surface area contributed by atoms with Crippen molar-refractivity contribution in [1.82, 2.24) is 15.5 Å². The Morgan fingerprint density at radius 3 is 3.00 bits per heavy atom. The highest BCUT2D eigenvalue weighted by Crippen LogP contribution is 2.20. The Morgan fingerprint density at radius 2 is 2.21 bits per heavy atom. The van der Waals surface area contributed by atoms with Crippen molar-refractivity contribution in [3.05, 3.63) is 24.6 Å². The monoisotopic (exact) mass is 193 g/mol. The van der Waals surface area contributed by atoms with Gasteiger partial charge >= 0.3 is 0 Å². The largest absolute Gasteiger partial charge is 0.364 e. The second-order valence-electron chi connectivity index (χ2n) is 3.73. The lowest BCUT2D eigenvalue weighted by atomic mass is 10.1. The molecule has 4 nitrogen and oxygen atoms in total. The quantitative estimate of drug-likeness (QED) is 0.560. The van der Waals surface area contributed by atoms with Crippen molar-refractivity contribution in [2.45, 2.75) is 12.5 Å². The molecule has 4 heteroatoms. The summed E-state index contributed by atoms with van der Waals surface area (Å²) in [6.07, 6.45) is 0.519. The van der Waals surface area contributed by atoms with Crippen LogP contribution in [0, 0.1) is 0 Å². The van der Waals surface area contributed by atoms with Crippen molar-refractivity contribution in [2.75, 3.05) is 19.6 Å². The van der Waals surface area contributed by atoms with Crippen LogP contribution in [0.5, 0.6) is 0 Å². The Balaban J connectivity index is 2.23. The van der Waals surface area contributed by atoms with Gasteiger partial charge < -0.3 is 15.5 Å². The molecule has 0 radical (unpaired) electrons. The second-order valence-corrected chi connectivity index (χ2v) is 3.73. The van der Waals surface area contributed by atoms with Gasteiger partial charge in [-0.1, -0.05) is 13.2 Å². The smallest absolute Gasteiger partial charge is 0.226 e. The van der Waals surface area contributed by atoms with E-state index in [1.54, 1.807) is 0 Å². The number of carbonyl (C=O) groups is 1. The molecular formula is C10H15N3O. The highest BCUT2D eigenvalue weighted by atomic mass is 16.1. The molecule has 14 heavy (non-hydrogen) atoms. The first kappa shape index (κ1) is 9.27. The average molecular weight is 193 g/mol. The predicted octanol–water partition coefficient (Wildman–Crippen LogP) is -0.192. The zero-order chi connectivity index (χ0) is 10.1. The van der Waals surface area contributed by atoms with Gasteiger partial charge in [-0.25, -0.2) is 0 Å². The molecule has 1 amide bonds. The van der Waals surface area contributed by atoms with Crippen LogP contribution in [0.1, 0.15) is 6.42 Å². The first-order chi connectivity index (χ1) is 6.68. The molecule has 2 saturated heterocycles. The van der Waals surface area contributed by atoms with Crippen molar-refractivity contribution < 1.29 is 4.79 Å². The van der Waals surface area contributed by atoms with Gasteiger partial charge in [0.2, 0.25) is 5.91 Å². The van der Waals surface area contributed by atoms with Crippen molar-refractivity contribution in [1.29, 1.82) is 0 Å². The van der Waals surface area contributed by atoms with E-state index in [0.29, 0.717) is 12.1 Å². The summed E-state index contributed by atoms with van der Waals surface area (Å²) in [4.78, 5) is 13.6. The number of nitrogens with one attached hydrogen (secondary N) is 2. The molecule has 2 rings (SSSR count).